The second-order valence-electron chi connectivity index (χ2n) is 7.44. The molecule has 1 fully saturated rings. The van der Waals surface area contributed by atoms with Gasteiger partial charge in [-0.1, -0.05) is 55.5 Å². The first kappa shape index (κ1) is 22.2. The number of para-hydroxylation sites is 1. The number of anilines is 1. The Balaban J connectivity index is 1.53. The summed E-state index contributed by atoms with van der Waals surface area (Å²) in [5.74, 6) is -0.0701. The molecule has 0 spiro atoms. The summed E-state index contributed by atoms with van der Waals surface area (Å²) in [6, 6.07) is 15.4. The predicted molar refractivity (Wildman–Crippen MR) is 122 cm³/mol. The highest BCUT2D eigenvalue weighted by Crippen LogP contribution is 2.21. The minimum atomic E-state index is -3.47. The molecule has 2 aromatic rings. The molecule has 6 nitrogen and oxygen atoms in total. The number of benzene rings is 2. The van der Waals surface area contributed by atoms with Crippen LogP contribution in [0.25, 0.3) is 6.08 Å². The van der Waals surface area contributed by atoms with Crippen molar-refractivity contribution in [3.05, 3.63) is 70.6 Å². The first-order chi connectivity index (χ1) is 14.4. The van der Waals surface area contributed by atoms with Crippen LogP contribution in [-0.4, -0.2) is 56.3 Å². The molecule has 3 rings (SSSR count). The molecule has 30 heavy (non-hydrogen) atoms. The fourth-order valence-electron chi connectivity index (χ4n) is 3.54. The van der Waals surface area contributed by atoms with Crippen molar-refractivity contribution in [1.29, 1.82) is 0 Å². The third-order valence-corrected chi connectivity index (χ3v) is 6.86. The molecule has 0 atom stereocenters. The van der Waals surface area contributed by atoms with Crippen LogP contribution in [0, 0.1) is 6.92 Å². The summed E-state index contributed by atoms with van der Waals surface area (Å²) in [5.41, 5.74) is 3.89. The maximum Gasteiger partial charge on any atom is 0.238 e. The smallest absolute Gasteiger partial charge is 0.238 e. The number of nitrogens with zero attached hydrogens (tertiary/aromatic N) is 2. The van der Waals surface area contributed by atoms with Gasteiger partial charge in [-0.3, -0.25) is 9.69 Å². The lowest BCUT2D eigenvalue weighted by molar-refractivity contribution is -0.117. The highest BCUT2D eigenvalue weighted by molar-refractivity contribution is 7.92. The van der Waals surface area contributed by atoms with Crippen LogP contribution >= 0.6 is 0 Å². The Hall–Kier alpha value is -2.48. The Bertz CT molecular complexity index is 996. The lowest BCUT2D eigenvalue weighted by Crippen LogP contribution is -2.49. The quantitative estimate of drug-likeness (QED) is 0.737. The number of hydrogen-bond acceptors (Lipinski definition) is 4. The Morgan fingerprint density at radius 1 is 1.03 bits per heavy atom. The zero-order valence-corrected chi connectivity index (χ0v) is 18.4. The van der Waals surface area contributed by atoms with Crippen molar-refractivity contribution in [1.82, 2.24) is 9.21 Å². The first-order valence-electron chi connectivity index (χ1n) is 10.2. The highest BCUT2D eigenvalue weighted by atomic mass is 32.2. The van der Waals surface area contributed by atoms with Gasteiger partial charge in [-0.05, 0) is 36.1 Å². The molecule has 0 unspecified atom stereocenters. The Morgan fingerprint density at radius 3 is 2.40 bits per heavy atom. The molecule has 1 saturated heterocycles. The van der Waals surface area contributed by atoms with Crippen LogP contribution in [0.15, 0.2) is 53.9 Å². The molecule has 1 heterocycles. The van der Waals surface area contributed by atoms with E-state index >= 15 is 0 Å². The van der Waals surface area contributed by atoms with E-state index in [9.17, 15) is 13.2 Å². The zero-order valence-electron chi connectivity index (χ0n) is 17.5. The molecule has 160 valence electrons. The first-order valence-corrected chi connectivity index (χ1v) is 11.7. The second kappa shape index (κ2) is 10.0. The lowest BCUT2D eigenvalue weighted by Gasteiger charge is -2.32. The van der Waals surface area contributed by atoms with Crippen LogP contribution < -0.4 is 5.32 Å². The van der Waals surface area contributed by atoms with E-state index < -0.39 is 10.0 Å². The van der Waals surface area contributed by atoms with Gasteiger partial charge in [0.15, 0.2) is 0 Å². The van der Waals surface area contributed by atoms with Gasteiger partial charge in [0.25, 0.3) is 0 Å². The summed E-state index contributed by atoms with van der Waals surface area (Å²) >= 11 is 0. The predicted octanol–water partition coefficient (Wildman–Crippen LogP) is 3.11. The summed E-state index contributed by atoms with van der Waals surface area (Å²) in [5, 5.41) is 4.29. The molecule has 0 saturated carbocycles. The van der Waals surface area contributed by atoms with E-state index in [1.165, 1.54) is 9.71 Å². The Morgan fingerprint density at radius 2 is 1.73 bits per heavy atom. The Kier molecular flexibility index (Phi) is 7.42. The summed E-state index contributed by atoms with van der Waals surface area (Å²) in [6.45, 7) is 6.11. The van der Waals surface area contributed by atoms with Crippen LogP contribution in [-0.2, 0) is 21.2 Å². The Labute approximate surface area is 179 Å². The third kappa shape index (κ3) is 5.78. The normalized spacial score (nSPS) is 16.1. The van der Waals surface area contributed by atoms with Gasteiger partial charge in [0.1, 0.15) is 0 Å². The fourth-order valence-corrected chi connectivity index (χ4v) is 4.71. The van der Waals surface area contributed by atoms with Gasteiger partial charge in [-0.2, -0.15) is 4.31 Å². The standard InChI is InChI=1S/C23H29N3O3S/c1-3-21-11-7-8-19(2)23(21)24-22(27)18-25-13-15-26(16-14-25)30(28,29)17-12-20-9-5-4-6-10-20/h4-12,17H,3,13-16,18H2,1-2H3,(H,24,27)/b17-12+. The number of amides is 1. The van der Waals surface area contributed by atoms with E-state index in [1.54, 1.807) is 6.08 Å². The molecule has 1 aliphatic rings. The highest BCUT2D eigenvalue weighted by Gasteiger charge is 2.26. The number of carbonyl (C=O) groups is 1. The molecule has 0 radical (unpaired) electrons. The maximum atomic E-state index is 12.6. The van der Waals surface area contributed by atoms with Crippen LogP contribution in [0.1, 0.15) is 23.6 Å². The van der Waals surface area contributed by atoms with Crippen molar-refractivity contribution < 1.29 is 13.2 Å². The van der Waals surface area contributed by atoms with Crippen LogP contribution in [0.5, 0.6) is 0 Å². The van der Waals surface area contributed by atoms with E-state index in [0.29, 0.717) is 26.2 Å². The third-order valence-electron chi connectivity index (χ3n) is 5.29. The number of aryl methyl sites for hydroxylation is 2. The van der Waals surface area contributed by atoms with Crippen LogP contribution in [0.2, 0.25) is 0 Å². The average molecular weight is 428 g/mol. The van der Waals surface area contributed by atoms with Crippen molar-refractivity contribution in [3.63, 3.8) is 0 Å². The zero-order chi connectivity index (χ0) is 21.6. The van der Waals surface area contributed by atoms with Gasteiger partial charge >= 0.3 is 0 Å². The van der Waals surface area contributed by atoms with Crippen molar-refractivity contribution in [2.45, 2.75) is 20.3 Å². The van der Waals surface area contributed by atoms with Gasteiger partial charge in [-0.15, -0.1) is 0 Å². The molecule has 1 aliphatic heterocycles. The van der Waals surface area contributed by atoms with E-state index in [4.69, 9.17) is 0 Å². The van der Waals surface area contributed by atoms with E-state index in [1.807, 2.05) is 60.4 Å². The summed E-state index contributed by atoms with van der Waals surface area (Å²) in [6.07, 6.45) is 2.47. The molecule has 1 amide bonds. The number of piperazine rings is 1. The number of carbonyl (C=O) groups excluding carboxylic acids is 1. The molecule has 2 aromatic carbocycles. The summed E-state index contributed by atoms with van der Waals surface area (Å²) in [4.78, 5) is 14.5. The van der Waals surface area contributed by atoms with Crippen molar-refractivity contribution in [2.24, 2.45) is 0 Å². The molecule has 7 heteroatoms. The number of rotatable bonds is 7. The van der Waals surface area contributed by atoms with Crippen molar-refractivity contribution in [2.75, 3.05) is 38.0 Å². The maximum absolute atomic E-state index is 12.6. The largest absolute Gasteiger partial charge is 0.324 e. The number of sulfonamides is 1. The molecular formula is C23H29N3O3S. The van der Waals surface area contributed by atoms with Crippen molar-refractivity contribution >= 4 is 27.7 Å². The topological polar surface area (TPSA) is 69.7 Å². The van der Waals surface area contributed by atoms with Gasteiger partial charge < -0.3 is 5.32 Å². The van der Waals surface area contributed by atoms with Crippen molar-refractivity contribution in [3.8, 4) is 0 Å². The van der Waals surface area contributed by atoms with E-state index in [2.05, 4.69) is 12.2 Å². The average Bonchev–Trinajstić information content (AvgIpc) is 2.75. The number of hydrogen-bond donors (Lipinski definition) is 1. The second-order valence-corrected chi connectivity index (χ2v) is 9.26. The molecule has 0 aliphatic carbocycles. The summed E-state index contributed by atoms with van der Waals surface area (Å²) in [7, 11) is -3.47. The lowest BCUT2D eigenvalue weighted by atomic mass is 10.1. The van der Waals surface area contributed by atoms with E-state index in [0.717, 1.165) is 28.8 Å². The molecule has 1 N–H and O–H groups in total. The van der Waals surface area contributed by atoms with Gasteiger partial charge in [0, 0.05) is 37.3 Å². The number of nitrogens with one attached hydrogen (secondary N) is 1. The minimum Gasteiger partial charge on any atom is -0.324 e. The summed E-state index contributed by atoms with van der Waals surface area (Å²) < 4.78 is 26.6. The monoisotopic (exact) mass is 427 g/mol. The SMILES string of the molecule is CCc1cccc(C)c1NC(=O)CN1CCN(S(=O)(=O)/C=C/c2ccccc2)CC1. The van der Waals surface area contributed by atoms with Gasteiger partial charge in [0.2, 0.25) is 15.9 Å². The van der Waals surface area contributed by atoms with Gasteiger partial charge in [0.05, 0.1) is 6.54 Å². The molecule has 0 bridgehead atoms. The van der Waals surface area contributed by atoms with Gasteiger partial charge in [-0.25, -0.2) is 8.42 Å². The van der Waals surface area contributed by atoms with Crippen LogP contribution in [0.4, 0.5) is 5.69 Å². The molecular weight excluding hydrogens is 398 g/mol. The fraction of sp³-hybridized carbons (Fsp3) is 0.348. The van der Waals surface area contributed by atoms with Crippen LogP contribution in [0.3, 0.4) is 0 Å². The molecule has 0 aromatic heterocycles. The van der Waals surface area contributed by atoms with E-state index in [-0.39, 0.29) is 12.5 Å². The minimum absolute atomic E-state index is 0.0701.